The molecule has 34 nitrogen and oxygen atoms in total. The molecule has 6 aliphatic heterocycles. The minimum Gasteiger partial charge on any atom is -0.491 e. The summed E-state index contributed by atoms with van der Waals surface area (Å²) in [6.45, 7) is 9.36. The molecule has 0 saturated carbocycles. The van der Waals surface area contributed by atoms with Gasteiger partial charge in [0.05, 0.1) is 71.0 Å². The molecular formula is C88H82Cl8N22O12. The van der Waals surface area contributed by atoms with E-state index in [1.54, 1.807) is 117 Å². The van der Waals surface area contributed by atoms with Crippen molar-refractivity contribution in [3.05, 3.63) is 317 Å². The van der Waals surface area contributed by atoms with E-state index in [0.29, 0.717) is 87.0 Å². The Kier molecular flexibility index (Phi) is 26.1. The van der Waals surface area contributed by atoms with Crippen LogP contribution >= 0.6 is 92.8 Å². The first-order chi connectivity index (χ1) is 63.2. The quantitative estimate of drug-likeness (QED) is 0.0440. The van der Waals surface area contributed by atoms with Gasteiger partial charge in [-0.3, -0.25) is 0 Å². The zero-order chi connectivity index (χ0) is 89.1. The molecule has 12 heterocycles. The first-order valence-corrected chi connectivity index (χ1v) is 44.6. The van der Waals surface area contributed by atoms with Gasteiger partial charge in [-0.05, 0) is 146 Å². The fourth-order valence-corrected chi connectivity index (χ4v) is 19.0. The summed E-state index contributed by atoms with van der Waals surface area (Å²) in [6, 6.07) is 52.7. The zero-order valence-electron chi connectivity index (χ0n) is 69.2. The van der Waals surface area contributed by atoms with Gasteiger partial charge in [0.25, 0.3) is 0 Å². The second-order valence-corrected chi connectivity index (χ2v) is 35.0. The molecule has 0 amide bonds. The Morgan fingerprint density at radius 1 is 0.308 bits per heavy atom. The predicted molar refractivity (Wildman–Crippen MR) is 484 cm³/mol. The Morgan fingerprint density at radius 3 is 0.823 bits per heavy atom. The standard InChI is InChI=1S/2C44H41Cl4N11O6/c2*45-30-1-11-38(40(47)17-30)43(23-56-27-49-25-51-56)62-21-36(64-43)19-59-42(60)58(29-53-59)34-5-3-32(4-6-34)54-13-15-55(16-14-54)33-7-9-35(10-8-33)61-20-37-22-63-44(65-37,24-57-28-50-26-52-57)39-12-2-31(46)18-41(39)48/h2*1-12,17-18,25-29,36-37H,13-16,19-24H2/t36-,37+,43-,44+;36-,37-,43-,44-/m10/s1. The number of rotatable bonds is 28. The second kappa shape index (κ2) is 38.4. The number of piperazine rings is 2. The Morgan fingerprint density at radius 2 is 0.562 bits per heavy atom. The number of ether oxygens (including phenoxy) is 10. The summed E-state index contributed by atoms with van der Waals surface area (Å²) >= 11 is 51.2. The highest BCUT2D eigenvalue weighted by Gasteiger charge is 2.50. The van der Waals surface area contributed by atoms with E-state index in [1.807, 2.05) is 72.8 Å². The number of hydrogen-bond acceptors (Lipinski definition) is 26. The average Bonchev–Trinajstić information content (AvgIpc) is 1.63. The number of aromatic nitrogens is 18. The summed E-state index contributed by atoms with van der Waals surface area (Å²) in [5.41, 5.74) is 7.65. The van der Waals surface area contributed by atoms with Crippen molar-refractivity contribution in [2.75, 3.05) is 112 Å². The Hall–Kier alpha value is -11.0. The third-order valence-electron chi connectivity index (χ3n) is 23.2. The first kappa shape index (κ1) is 88.3. The van der Waals surface area contributed by atoms with Crippen molar-refractivity contribution in [3.8, 4) is 22.9 Å². The molecule has 0 radical (unpaired) electrons. The number of benzene rings is 8. The molecule has 6 aliphatic rings. The Balaban J connectivity index is 0.000000168. The molecule has 6 fully saturated rings. The fraction of sp³-hybridized carbons (Fsp3) is 0.318. The van der Waals surface area contributed by atoms with Gasteiger partial charge < -0.3 is 67.0 Å². The summed E-state index contributed by atoms with van der Waals surface area (Å²) in [4.78, 5) is 52.8. The third-order valence-corrected chi connectivity index (χ3v) is 25.4. The predicted octanol–water partition coefficient (Wildman–Crippen LogP) is 12.9. The van der Waals surface area contributed by atoms with E-state index < -0.39 is 35.4 Å². The normalized spacial score (nSPS) is 22.2. The Bertz CT molecular complexity index is 5960. The van der Waals surface area contributed by atoms with Crippen LogP contribution in [0.15, 0.2) is 243 Å². The highest BCUT2D eigenvalue weighted by molar-refractivity contribution is 6.37. The molecule has 0 aliphatic carbocycles. The number of halogens is 8. The lowest BCUT2D eigenvalue weighted by atomic mass is 10.1. The highest BCUT2D eigenvalue weighted by Crippen LogP contribution is 2.46. The van der Waals surface area contributed by atoms with Crippen molar-refractivity contribution >= 4 is 116 Å². The van der Waals surface area contributed by atoms with Crippen molar-refractivity contribution < 1.29 is 47.4 Å². The molecular weight excluding hydrogens is 1840 g/mol. The maximum Gasteiger partial charge on any atom is 0.350 e. The largest absolute Gasteiger partial charge is 0.491 e. The smallest absolute Gasteiger partial charge is 0.350 e. The van der Waals surface area contributed by atoms with Gasteiger partial charge in [0.2, 0.25) is 23.1 Å². The van der Waals surface area contributed by atoms with Crippen LogP contribution in [0, 0.1) is 0 Å². The molecule has 42 heteroatoms. The van der Waals surface area contributed by atoms with Gasteiger partial charge in [0.15, 0.2) is 0 Å². The van der Waals surface area contributed by atoms with Crippen LogP contribution in [0.2, 0.25) is 40.2 Å². The van der Waals surface area contributed by atoms with Crippen molar-refractivity contribution in [2.24, 2.45) is 0 Å². The van der Waals surface area contributed by atoms with Gasteiger partial charge in [0.1, 0.15) is 139 Å². The van der Waals surface area contributed by atoms with Gasteiger partial charge in [-0.1, -0.05) is 117 Å². The SMILES string of the molecule is O=c1n(-c2ccc(N3CCN(c4ccc(OC[C@H]5CO[C@](Cn6cncn6)(c6ccc(Cl)cc6Cl)O5)cc4)CC3)cc2)cnn1C[C@@H]1CO[C@@](Cn2cncn2)(c2ccc(Cl)cc2Cl)O1.O=c1n(-c2ccc(N3CCN(c4ccc(OC[C@H]5CO[C@](Cn6cncn6)(c6ccc(Cl)cc6Cl)O5)cc4)CC3)cc2)cnn1C[C@H]1CO[C@](Cn2cncn2)(c2ccc(Cl)cc2Cl)O1. The molecule has 6 aromatic heterocycles. The van der Waals surface area contributed by atoms with Crippen molar-refractivity contribution in [3.63, 3.8) is 0 Å². The van der Waals surface area contributed by atoms with Crippen LogP contribution in [0.25, 0.3) is 11.4 Å². The van der Waals surface area contributed by atoms with Gasteiger partial charge in [-0.2, -0.15) is 30.6 Å². The van der Waals surface area contributed by atoms with Crippen LogP contribution in [-0.2, 0) is 100 Å². The number of anilines is 4. The van der Waals surface area contributed by atoms with Crippen LogP contribution in [0.1, 0.15) is 22.3 Å². The van der Waals surface area contributed by atoms with E-state index in [9.17, 15) is 9.59 Å². The van der Waals surface area contributed by atoms with E-state index in [0.717, 1.165) is 86.6 Å². The van der Waals surface area contributed by atoms with E-state index in [4.69, 9.17) is 140 Å². The lowest BCUT2D eigenvalue weighted by Crippen LogP contribution is -2.46. The monoisotopic (exact) mass is 1920 g/mol. The van der Waals surface area contributed by atoms with Crippen LogP contribution in [0.4, 0.5) is 22.7 Å². The van der Waals surface area contributed by atoms with Crippen LogP contribution in [-0.4, -0.2) is 204 Å². The zero-order valence-corrected chi connectivity index (χ0v) is 75.2. The van der Waals surface area contributed by atoms with Crippen LogP contribution < -0.4 is 40.5 Å². The summed E-state index contributed by atoms with van der Waals surface area (Å²) in [5, 5.41) is 29.4. The molecule has 14 aromatic rings. The summed E-state index contributed by atoms with van der Waals surface area (Å²) in [5.74, 6) is -3.48. The summed E-state index contributed by atoms with van der Waals surface area (Å²) in [6.07, 6.45) is 13.4. The van der Waals surface area contributed by atoms with Crippen molar-refractivity contribution in [1.82, 2.24) is 87.8 Å². The summed E-state index contributed by atoms with van der Waals surface area (Å²) in [7, 11) is 0. The Labute approximate surface area is 783 Å². The molecule has 6 saturated heterocycles. The highest BCUT2D eigenvalue weighted by atomic mass is 35.5. The number of hydrogen-bond donors (Lipinski definition) is 0. The molecule has 130 heavy (non-hydrogen) atoms. The van der Waals surface area contributed by atoms with Gasteiger partial charge in [0, 0.05) is 117 Å². The van der Waals surface area contributed by atoms with E-state index in [-0.39, 0.29) is 89.3 Å². The van der Waals surface area contributed by atoms with Crippen LogP contribution in [0.5, 0.6) is 11.5 Å². The van der Waals surface area contributed by atoms with Crippen molar-refractivity contribution in [2.45, 2.75) is 86.8 Å². The fourth-order valence-electron chi connectivity index (χ4n) is 16.8. The third kappa shape index (κ3) is 19.4. The topological polar surface area (TPSA) is 308 Å². The molecule has 8 aromatic carbocycles. The van der Waals surface area contributed by atoms with Gasteiger partial charge in [-0.15, -0.1) is 0 Å². The lowest BCUT2D eigenvalue weighted by molar-refractivity contribution is -0.191. The summed E-state index contributed by atoms with van der Waals surface area (Å²) < 4.78 is 75.8. The number of nitrogens with zero attached hydrogens (tertiary/aromatic N) is 22. The maximum absolute atomic E-state index is 13.6. The van der Waals surface area contributed by atoms with Crippen LogP contribution in [0.3, 0.4) is 0 Å². The minimum absolute atomic E-state index is 0.161. The molecule has 0 unspecified atom stereocenters. The lowest BCUT2D eigenvalue weighted by Gasteiger charge is -2.37. The van der Waals surface area contributed by atoms with Crippen molar-refractivity contribution in [1.29, 1.82) is 0 Å². The first-order valence-electron chi connectivity index (χ1n) is 41.6. The second-order valence-electron chi connectivity index (χ2n) is 31.6. The molecule has 0 spiro atoms. The van der Waals surface area contributed by atoms with E-state index >= 15 is 0 Å². The molecule has 0 bridgehead atoms. The maximum atomic E-state index is 13.6. The molecule has 672 valence electrons. The molecule has 0 N–H and O–H groups in total. The molecule has 20 rings (SSSR count). The average molecular weight is 1920 g/mol. The van der Waals surface area contributed by atoms with Gasteiger partial charge in [-0.25, -0.2) is 66.8 Å². The van der Waals surface area contributed by atoms with Gasteiger partial charge >= 0.3 is 11.4 Å². The molecule has 8 atom stereocenters. The van der Waals surface area contributed by atoms with E-state index in [1.165, 1.54) is 56.5 Å². The minimum atomic E-state index is -1.28. The van der Waals surface area contributed by atoms with E-state index in [2.05, 4.69) is 94.4 Å².